The summed E-state index contributed by atoms with van der Waals surface area (Å²) >= 11 is 0. The predicted molar refractivity (Wildman–Crippen MR) is 126 cm³/mol. The molecule has 0 aliphatic heterocycles. The van der Waals surface area contributed by atoms with Gasteiger partial charge in [0.2, 0.25) is 17.7 Å². The predicted octanol–water partition coefficient (Wildman–Crippen LogP) is -1.71. The van der Waals surface area contributed by atoms with Crippen molar-refractivity contribution in [3.05, 3.63) is 0 Å². The van der Waals surface area contributed by atoms with Crippen LogP contribution in [0.15, 0.2) is 0 Å². The average molecular weight is 475 g/mol. The second-order valence-corrected chi connectivity index (χ2v) is 6.59. The van der Waals surface area contributed by atoms with Gasteiger partial charge in [-0.1, -0.05) is 0 Å². The molecule has 0 aliphatic rings. The van der Waals surface area contributed by atoms with Crippen molar-refractivity contribution in [2.75, 3.05) is 39.3 Å². The molecule has 0 spiro atoms. The summed E-state index contributed by atoms with van der Waals surface area (Å²) in [5, 5.41) is 7.78. The van der Waals surface area contributed by atoms with Gasteiger partial charge in [0.25, 0.3) is 0 Å². The largest absolute Gasteiger partial charge is 0.356 e. The van der Waals surface area contributed by atoms with Crippen LogP contribution in [0, 0.1) is 0 Å². The van der Waals surface area contributed by atoms with Crippen LogP contribution in [-0.2, 0) is 28.8 Å². The molecule has 0 saturated carbocycles. The number of carbonyl (C=O) groups is 6. The van der Waals surface area contributed by atoms with Gasteiger partial charge in [-0.3, -0.25) is 28.8 Å². The van der Waals surface area contributed by atoms with E-state index in [9.17, 15) is 28.8 Å². The summed E-state index contributed by atoms with van der Waals surface area (Å²) in [5.74, 6) is -0.485. The van der Waals surface area contributed by atoms with Gasteiger partial charge in [-0.25, -0.2) is 0 Å². The summed E-state index contributed by atoms with van der Waals surface area (Å²) < 4.78 is 0. The number of hydrogen-bond acceptors (Lipinski definition) is 9. The van der Waals surface area contributed by atoms with Crippen molar-refractivity contribution in [2.24, 2.45) is 17.2 Å². The van der Waals surface area contributed by atoms with Gasteiger partial charge in [-0.05, 0) is 20.8 Å². The van der Waals surface area contributed by atoms with Crippen molar-refractivity contribution in [3.63, 3.8) is 0 Å². The maximum absolute atomic E-state index is 10.8. The van der Waals surface area contributed by atoms with Gasteiger partial charge < -0.3 is 33.2 Å². The van der Waals surface area contributed by atoms with E-state index in [-0.39, 0.29) is 93.2 Å². The molecule has 0 aliphatic carbocycles. The molecule has 33 heavy (non-hydrogen) atoms. The maximum atomic E-state index is 10.8. The molecular formula is C21H42N6O6. The van der Waals surface area contributed by atoms with Crippen LogP contribution in [0.4, 0.5) is 0 Å². The first-order valence-electron chi connectivity index (χ1n) is 11.1. The summed E-state index contributed by atoms with van der Waals surface area (Å²) in [6, 6.07) is 0. The minimum Gasteiger partial charge on any atom is -0.356 e. The molecule has 0 fully saturated rings. The highest BCUT2D eigenvalue weighted by molar-refractivity contribution is 5.87. The van der Waals surface area contributed by atoms with E-state index in [0.717, 1.165) is 0 Å². The van der Waals surface area contributed by atoms with E-state index in [0.29, 0.717) is 19.6 Å². The highest BCUT2D eigenvalue weighted by atomic mass is 16.2. The van der Waals surface area contributed by atoms with E-state index in [1.54, 1.807) is 0 Å². The zero-order valence-corrected chi connectivity index (χ0v) is 20.2. The topological polar surface area (TPSA) is 217 Å². The number of carbonyl (C=O) groups excluding carboxylic acids is 6. The SMILES string of the molecule is CCNC(=O)CCC(=O)CN.CCNC(=O)CCC(=O)CN.CCNC(=O)CCC(=O)CN. The molecule has 0 rings (SSSR count). The Balaban J connectivity index is -0.000000409. The van der Waals surface area contributed by atoms with Crippen LogP contribution in [0.25, 0.3) is 0 Å². The van der Waals surface area contributed by atoms with Gasteiger partial charge in [0.15, 0.2) is 0 Å². The quantitative estimate of drug-likeness (QED) is 0.159. The zero-order chi connectivity index (χ0) is 26.1. The van der Waals surface area contributed by atoms with Gasteiger partial charge in [0.1, 0.15) is 17.3 Å². The maximum Gasteiger partial charge on any atom is 0.220 e. The summed E-state index contributed by atoms with van der Waals surface area (Å²) in [5.41, 5.74) is 15.2. The van der Waals surface area contributed by atoms with Gasteiger partial charge in [0.05, 0.1) is 19.6 Å². The first-order chi connectivity index (χ1) is 15.6. The Kier molecular flexibility index (Phi) is 27.0. The van der Waals surface area contributed by atoms with Crippen molar-refractivity contribution in [3.8, 4) is 0 Å². The average Bonchev–Trinajstić information content (AvgIpc) is 2.80. The molecular weight excluding hydrogens is 432 g/mol. The lowest BCUT2D eigenvalue weighted by Crippen LogP contribution is -2.24. The summed E-state index contributed by atoms with van der Waals surface area (Å²) in [4.78, 5) is 64.1. The summed E-state index contributed by atoms with van der Waals surface area (Å²) in [6.07, 6.45) is 1.52. The lowest BCUT2D eigenvalue weighted by Gasteiger charge is -1.99. The van der Waals surface area contributed by atoms with Crippen LogP contribution < -0.4 is 33.2 Å². The molecule has 12 nitrogen and oxygen atoms in total. The van der Waals surface area contributed by atoms with Gasteiger partial charge in [0, 0.05) is 58.2 Å². The third kappa shape index (κ3) is 29.3. The second-order valence-electron chi connectivity index (χ2n) is 6.59. The Morgan fingerprint density at radius 1 is 0.455 bits per heavy atom. The smallest absolute Gasteiger partial charge is 0.220 e. The monoisotopic (exact) mass is 474 g/mol. The van der Waals surface area contributed by atoms with Crippen LogP contribution in [0.1, 0.15) is 59.3 Å². The molecule has 192 valence electrons. The Hall–Kier alpha value is -2.70. The fourth-order valence-electron chi connectivity index (χ4n) is 1.92. The van der Waals surface area contributed by atoms with Crippen LogP contribution in [0.2, 0.25) is 0 Å². The van der Waals surface area contributed by atoms with E-state index >= 15 is 0 Å². The molecule has 0 atom stereocenters. The Morgan fingerprint density at radius 3 is 0.818 bits per heavy atom. The minimum absolute atomic E-state index is 0.0272. The minimum atomic E-state index is -0.0886. The lowest BCUT2D eigenvalue weighted by molar-refractivity contribution is -0.124. The zero-order valence-electron chi connectivity index (χ0n) is 20.2. The number of hydrogen-bond donors (Lipinski definition) is 6. The number of nitrogens with two attached hydrogens (primary N) is 3. The molecule has 0 aromatic heterocycles. The summed E-state index contributed by atoms with van der Waals surface area (Å²) in [6.45, 7) is 7.41. The molecule has 12 heteroatoms. The van der Waals surface area contributed by atoms with E-state index in [4.69, 9.17) is 17.2 Å². The van der Waals surface area contributed by atoms with Crippen LogP contribution in [0.5, 0.6) is 0 Å². The van der Waals surface area contributed by atoms with E-state index in [2.05, 4.69) is 16.0 Å². The van der Waals surface area contributed by atoms with Crippen LogP contribution in [-0.4, -0.2) is 74.3 Å². The Bertz CT molecular complexity index is 517. The van der Waals surface area contributed by atoms with Crippen molar-refractivity contribution in [2.45, 2.75) is 59.3 Å². The third-order valence-electron chi connectivity index (χ3n) is 3.70. The molecule has 0 aromatic carbocycles. The molecule has 0 heterocycles. The highest BCUT2D eigenvalue weighted by Crippen LogP contribution is 1.90. The Morgan fingerprint density at radius 2 is 0.667 bits per heavy atom. The standard InChI is InChI=1S/3C7H14N2O2/c3*1-2-9-7(11)4-3-6(10)5-8/h3*2-5,8H2,1H3,(H,9,11). The normalized spacial score (nSPS) is 9.27. The first-order valence-corrected chi connectivity index (χ1v) is 11.1. The van der Waals surface area contributed by atoms with Crippen LogP contribution in [0.3, 0.4) is 0 Å². The number of Topliss-reactive ketones (excluding diaryl/α,β-unsaturated/α-hetero) is 3. The van der Waals surface area contributed by atoms with Gasteiger partial charge >= 0.3 is 0 Å². The molecule has 0 radical (unpaired) electrons. The van der Waals surface area contributed by atoms with Crippen LogP contribution >= 0.6 is 0 Å². The summed E-state index contributed by atoms with van der Waals surface area (Å²) in [7, 11) is 0. The van der Waals surface area contributed by atoms with Gasteiger partial charge in [-0.15, -0.1) is 0 Å². The fourth-order valence-corrected chi connectivity index (χ4v) is 1.92. The van der Waals surface area contributed by atoms with Crippen molar-refractivity contribution in [1.82, 2.24) is 16.0 Å². The molecule has 0 unspecified atom stereocenters. The molecule has 0 saturated heterocycles. The fraction of sp³-hybridized carbons (Fsp3) is 0.714. The molecule has 0 aromatic rings. The number of nitrogens with one attached hydrogen (secondary N) is 3. The Labute approximate surface area is 196 Å². The second kappa shape index (κ2) is 25.6. The van der Waals surface area contributed by atoms with Crippen molar-refractivity contribution < 1.29 is 28.8 Å². The molecule has 3 amide bonds. The third-order valence-corrected chi connectivity index (χ3v) is 3.70. The highest BCUT2D eigenvalue weighted by Gasteiger charge is 2.04. The number of rotatable bonds is 15. The molecule has 9 N–H and O–H groups in total. The number of amides is 3. The first kappa shape index (κ1) is 34.9. The van der Waals surface area contributed by atoms with E-state index < -0.39 is 0 Å². The van der Waals surface area contributed by atoms with Crippen molar-refractivity contribution >= 4 is 35.1 Å². The lowest BCUT2D eigenvalue weighted by atomic mass is 10.2. The van der Waals surface area contributed by atoms with Crippen molar-refractivity contribution in [1.29, 1.82) is 0 Å². The van der Waals surface area contributed by atoms with E-state index in [1.807, 2.05) is 20.8 Å². The van der Waals surface area contributed by atoms with E-state index in [1.165, 1.54) is 0 Å². The molecule has 0 bridgehead atoms. The number of ketones is 3. The van der Waals surface area contributed by atoms with Gasteiger partial charge in [-0.2, -0.15) is 0 Å².